The molecule has 1 amide bonds. The Morgan fingerprint density at radius 3 is 2.81 bits per heavy atom. The number of nitrogens with one attached hydrogen (secondary N) is 1. The summed E-state index contributed by atoms with van der Waals surface area (Å²) in [6.45, 7) is 8.96. The molecule has 3 rings (SSSR count). The summed E-state index contributed by atoms with van der Waals surface area (Å²) in [5, 5.41) is 4.82. The second-order valence-corrected chi connectivity index (χ2v) is 6.64. The molecule has 1 saturated heterocycles. The number of fused-ring (bicyclic) bond motifs is 1. The predicted octanol–water partition coefficient (Wildman–Crippen LogP) is 3.68. The molecule has 0 unspecified atom stereocenters. The number of hydrogen-bond donors (Lipinski definition) is 1. The molecule has 0 aliphatic carbocycles. The van der Waals surface area contributed by atoms with E-state index in [1.165, 1.54) is 0 Å². The Bertz CT molecular complexity index is 896. The van der Waals surface area contributed by atoms with Crippen molar-refractivity contribution >= 4 is 34.1 Å². The third-order valence-corrected chi connectivity index (χ3v) is 4.88. The molecular formula is C21H23FN4O. The molecule has 6 heteroatoms. The Balaban J connectivity index is 1.70. The summed E-state index contributed by atoms with van der Waals surface area (Å²) in [5.74, 6) is 2.91. The third-order valence-electron chi connectivity index (χ3n) is 4.88. The van der Waals surface area contributed by atoms with Crippen LogP contribution in [0.2, 0.25) is 0 Å². The van der Waals surface area contributed by atoms with Gasteiger partial charge in [0.1, 0.15) is 12.5 Å². The van der Waals surface area contributed by atoms with Gasteiger partial charge in [0.25, 0.3) is 0 Å². The minimum Gasteiger partial charge on any atom is -0.310 e. The molecular weight excluding hydrogens is 343 g/mol. The van der Waals surface area contributed by atoms with Crippen LogP contribution >= 0.6 is 0 Å². The van der Waals surface area contributed by atoms with E-state index >= 15 is 0 Å². The average Bonchev–Trinajstić information content (AvgIpc) is 2.68. The molecule has 1 aromatic carbocycles. The van der Waals surface area contributed by atoms with Crippen LogP contribution in [0.4, 0.5) is 10.2 Å². The van der Waals surface area contributed by atoms with Crippen molar-refractivity contribution in [3.05, 3.63) is 49.2 Å². The second-order valence-electron chi connectivity index (χ2n) is 6.64. The molecule has 1 N–H and O–H groups in total. The summed E-state index contributed by atoms with van der Waals surface area (Å²) in [5.41, 5.74) is 1.44. The number of carbonyl (C=O) groups excluding carboxylic acids is 1. The first-order chi connectivity index (χ1) is 13.1. The monoisotopic (exact) mass is 366 g/mol. The molecule has 5 nitrogen and oxygen atoms in total. The van der Waals surface area contributed by atoms with Crippen molar-refractivity contribution in [2.75, 3.05) is 31.6 Å². The fourth-order valence-corrected chi connectivity index (χ4v) is 3.32. The number of nitrogens with zero attached hydrogens (tertiary/aromatic N) is 3. The maximum absolute atomic E-state index is 12.5. The molecule has 1 aliphatic heterocycles. The number of rotatable bonds is 6. The van der Waals surface area contributed by atoms with Crippen LogP contribution in [0, 0.1) is 5.92 Å². The number of benzene rings is 1. The highest BCUT2D eigenvalue weighted by Crippen LogP contribution is 2.24. The number of piperidine rings is 1. The number of halogens is 1. The molecule has 27 heavy (non-hydrogen) atoms. The zero-order valence-electron chi connectivity index (χ0n) is 15.2. The number of alkyl halides is 1. The van der Waals surface area contributed by atoms with Crippen LogP contribution in [-0.4, -0.2) is 48.0 Å². The summed E-state index contributed by atoms with van der Waals surface area (Å²) in [6, 6.07) is 7.65. The maximum atomic E-state index is 12.5. The molecule has 0 saturated carbocycles. The molecule has 140 valence electrons. The first-order valence-electron chi connectivity index (χ1n) is 9.02. The lowest BCUT2D eigenvalue weighted by atomic mass is 9.96. The topological polar surface area (TPSA) is 57.6 Å². The number of pyridine rings is 1. The van der Waals surface area contributed by atoms with Gasteiger partial charge in [-0.25, -0.2) is 14.4 Å². The lowest BCUT2D eigenvalue weighted by molar-refractivity contribution is -0.121. The Kier molecular flexibility index (Phi) is 6.12. The van der Waals surface area contributed by atoms with E-state index in [1.54, 1.807) is 6.20 Å². The van der Waals surface area contributed by atoms with Gasteiger partial charge in [-0.2, -0.15) is 0 Å². The highest BCUT2D eigenvalue weighted by Gasteiger charge is 2.25. The Morgan fingerprint density at radius 2 is 2.11 bits per heavy atom. The largest absolute Gasteiger partial charge is 0.310 e. The highest BCUT2D eigenvalue weighted by molar-refractivity contribution is 5.94. The zero-order valence-corrected chi connectivity index (χ0v) is 15.2. The van der Waals surface area contributed by atoms with E-state index in [0.717, 1.165) is 42.3 Å². The second kappa shape index (κ2) is 8.71. The SMILES string of the molecule is C=C=NC(=C)c1ccc2cnc(NC(=O)C3CCN(CCF)CC3)cc2c1. The number of aliphatic imine (C=N–C) groups is 1. The van der Waals surface area contributed by atoms with E-state index in [9.17, 15) is 9.18 Å². The summed E-state index contributed by atoms with van der Waals surface area (Å²) in [4.78, 5) is 22.9. The van der Waals surface area contributed by atoms with Crippen LogP contribution in [0.15, 0.2) is 48.6 Å². The van der Waals surface area contributed by atoms with Gasteiger partial charge in [0.15, 0.2) is 0 Å². The number of likely N-dealkylation sites (tertiary alicyclic amines) is 1. The van der Waals surface area contributed by atoms with Crippen LogP contribution in [0.25, 0.3) is 16.5 Å². The van der Waals surface area contributed by atoms with E-state index in [0.29, 0.717) is 18.1 Å². The van der Waals surface area contributed by atoms with Crippen molar-refractivity contribution in [3.8, 4) is 0 Å². The van der Waals surface area contributed by atoms with Gasteiger partial charge in [-0.15, -0.1) is 0 Å². The van der Waals surface area contributed by atoms with Crippen LogP contribution in [0.1, 0.15) is 18.4 Å². The normalized spacial score (nSPS) is 15.3. The molecule has 0 bridgehead atoms. The fraction of sp³-hybridized carbons (Fsp3) is 0.333. The summed E-state index contributed by atoms with van der Waals surface area (Å²) < 4.78 is 12.4. The lowest BCUT2D eigenvalue weighted by Crippen LogP contribution is -2.39. The van der Waals surface area contributed by atoms with Gasteiger partial charge in [0.05, 0.1) is 5.70 Å². The van der Waals surface area contributed by atoms with Crippen molar-refractivity contribution in [1.29, 1.82) is 0 Å². The fourth-order valence-electron chi connectivity index (χ4n) is 3.32. The van der Waals surface area contributed by atoms with Gasteiger partial charge in [-0.1, -0.05) is 18.7 Å². The number of aromatic nitrogens is 1. The van der Waals surface area contributed by atoms with Crippen molar-refractivity contribution in [3.63, 3.8) is 0 Å². The minimum absolute atomic E-state index is 0.0291. The van der Waals surface area contributed by atoms with E-state index in [4.69, 9.17) is 0 Å². The van der Waals surface area contributed by atoms with E-state index in [-0.39, 0.29) is 18.5 Å². The highest BCUT2D eigenvalue weighted by atomic mass is 19.1. The van der Waals surface area contributed by atoms with E-state index in [1.807, 2.05) is 24.3 Å². The van der Waals surface area contributed by atoms with Gasteiger partial charge < -0.3 is 10.2 Å². The van der Waals surface area contributed by atoms with E-state index in [2.05, 4.69) is 39.2 Å². The van der Waals surface area contributed by atoms with Crippen LogP contribution < -0.4 is 5.32 Å². The Hall–Kier alpha value is -2.82. The van der Waals surface area contributed by atoms with Gasteiger partial charge in [-0.3, -0.25) is 4.79 Å². The van der Waals surface area contributed by atoms with Crippen molar-refractivity contribution in [2.24, 2.45) is 10.9 Å². The number of hydrogen-bond acceptors (Lipinski definition) is 4. The molecule has 0 atom stereocenters. The standard InChI is InChI=1S/C21H23FN4O/c1-3-23-15(2)17-4-5-18-14-24-20(13-19(18)12-17)25-21(27)16-6-9-26(10-7-16)11-8-22/h4-5,12-14,16H,1-2,6-11H2,(H,24,25,27). The lowest BCUT2D eigenvalue weighted by Gasteiger charge is -2.30. The predicted molar refractivity (Wildman–Crippen MR) is 108 cm³/mol. The molecule has 2 heterocycles. The Labute approximate surface area is 158 Å². The van der Waals surface area contributed by atoms with Gasteiger partial charge in [-0.05, 0) is 55.9 Å². The zero-order chi connectivity index (χ0) is 19.2. The van der Waals surface area contributed by atoms with Crippen molar-refractivity contribution < 1.29 is 9.18 Å². The van der Waals surface area contributed by atoms with Crippen LogP contribution in [0.5, 0.6) is 0 Å². The van der Waals surface area contributed by atoms with Gasteiger partial charge in [0.2, 0.25) is 5.91 Å². The van der Waals surface area contributed by atoms with Crippen molar-refractivity contribution in [2.45, 2.75) is 12.8 Å². The molecule has 1 aromatic heterocycles. The molecule has 0 spiro atoms. The smallest absolute Gasteiger partial charge is 0.228 e. The number of carbonyl (C=O) groups is 1. The quantitative estimate of drug-likeness (QED) is 0.794. The van der Waals surface area contributed by atoms with E-state index < -0.39 is 0 Å². The van der Waals surface area contributed by atoms with Crippen molar-refractivity contribution in [1.82, 2.24) is 9.88 Å². The molecule has 0 radical (unpaired) electrons. The molecule has 1 fully saturated rings. The molecule has 2 aromatic rings. The first kappa shape index (κ1) is 19.0. The summed E-state index contributed by atoms with van der Waals surface area (Å²) in [6.07, 6.45) is 3.21. The molecule has 1 aliphatic rings. The number of anilines is 1. The summed E-state index contributed by atoms with van der Waals surface area (Å²) >= 11 is 0. The van der Waals surface area contributed by atoms with Crippen LogP contribution in [0.3, 0.4) is 0 Å². The summed E-state index contributed by atoms with van der Waals surface area (Å²) in [7, 11) is 0. The maximum Gasteiger partial charge on any atom is 0.228 e. The Morgan fingerprint density at radius 1 is 1.33 bits per heavy atom. The first-order valence-corrected chi connectivity index (χ1v) is 9.02. The third kappa shape index (κ3) is 4.67. The van der Waals surface area contributed by atoms with Crippen LogP contribution in [-0.2, 0) is 4.79 Å². The minimum atomic E-state index is -0.343. The average molecular weight is 366 g/mol. The van der Waals surface area contributed by atoms with Gasteiger partial charge in [0, 0.05) is 29.6 Å². The van der Waals surface area contributed by atoms with Gasteiger partial charge >= 0.3 is 0 Å². The number of amides is 1.